The predicted molar refractivity (Wildman–Crippen MR) is 292 cm³/mol. The monoisotopic (exact) mass is 1080 g/mol. The third-order valence-corrected chi connectivity index (χ3v) is 24.9. The molecule has 6 heterocycles. The number of ether oxygens (including phenoxy) is 3. The number of phenols is 3. The molecule has 14 atom stereocenters. The molecule has 3 aromatic rings. The largest absolute Gasteiger partial charge is 0.504 e. The molecular formula is C65H79N3O11. The lowest BCUT2D eigenvalue weighted by atomic mass is 9.32. The number of aliphatic hydroxyl groups is 3. The fraction of sp³-hybridized carbons (Fsp3) is 0.662. The molecule has 420 valence electrons. The molecule has 0 amide bonds. The van der Waals surface area contributed by atoms with Crippen LogP contribution in [0.25, 0.3) is 0 Å². The summed E-state index contributed by atoms with van der Waals surface area (Å²) in [6.45, 7) is 16.1. The number of fused-ring (bicyclic) bond motifs is 2. The lowest BCUT2D eigenvalue weighted by Crippen LogP contribution is -2.79. The van der Waals surface area contributed by atoms with E-state index in [2.05, 4.69) is 34.3 Å². The van der Waals surface area contributed by atoms with Crippen molar-refractivity contribution in [1.82, 2.24) is 14.7 Å². The third-order valence-electron chi connectivity index (χ3n) is 24.9. The van der Waals surface area contributed by atoms with Crippen LogP contribution in [0.5, 0.6) is 34.5 Å². The SMILES string of the molecule is C=CCN1CC[C@]23c4c5ccc(O)c4O[C@H]2C(=O)CC[C@@]3(O)[C@H]1C5.CC(C)(O)[C@H]1C[C@@]23CC[C@]1(C)[C@@H]1Oc4c(O)ccc5c4[C@@]12CCN(CC1CC1)[C@@H]3C5.O=C1CC[C@@]2(O)[C@H]3Cc4ccc(O)c5c4[C@@]2(CCN3CC2CC2)[C@H]1O5. The highest BCUT2D eigenvalue weighted by Crippen LogP contribution is 2.79. The van der Waals surface area contributed by atoms with Gasteiger partial charge in [0, 0.05) is 90.1 Å². The Balaban J connectivity index is 0.0000000995. The number of likely N-dealkylation sites (tertiary alicyclic amines) is 3. The molecule has 6 aliphatic heterocycles. The van der Waals surface area contributed by atoms with Gasteiger partial charge in [0.1, 0.15) is 6.10 Å². The van der Waals surface area contributed by atoms with Crippen LogP contribution in [0.1, 0.15) is 144 Å². The van der Waals surface area contributed by atoms with E-state index in [9.17, 15) is 40.2 Å². The first-order valence-corrected chi connectivity index (χ1v) is 30.4. The topological polar surface area (TPSA) is 193 Å². The summed E-state index contributed by atoms with van der Waals surface area (Å²) in [5.74, 6) is 4.12. The van der Waals surface area contributed by atoms with Crippen LogP contribution in [0.15, 0.2) is 49.1 Å². The minimum atomic E-state index is -1.00. The summed E-state index contributed by atoms with van der Waals surface area (Å²) in [7, 11) is 0. The molecular weight excluding hydrogens is 999 g/mol. The van der Waals surface area contributed by atoms with Crippen molar-refractivity contribution in [3.05, 3.63) is 82.4 Å². The molecule has 79 heavy (non-hydrogen) atoms. The van der Waals surface area contributed by atoms with E-state index in [4.69, 9.17) is 14.2 Å². The standard InChI is InChI=1S/C26H35NO3.C20H23NO4.C19H21NO4/c1-23(2,29)18-13-25-9-8-24(18,3)22-26(25)10-11-27(14-15-4-5-15)19(25)12-16-6-7-17(28)21(30-22)20(16)26;22-13-4-3-12-9-15-20(24)6-5-14(23)18-19(20,16(12)17(13)25-18)7-8-21(15)10-11-1-2-11;1-2-8-20-9-7-18-15-11-3-4-12(21)16(15)24-17(18)13(22)5-6-19(18,23)14(20)10-11/h6-7,15,18-19,22,28-29H,4-5,8-14H2,1-3H3;3-4,11,15,18,22,24H,1-2,5-10H2;2-4,14,17,21,23H,1,5-10H2/t18-,19-,22+,24+,25-,26+;15-,18+,19+,20-;14-,17+,18+,19-/m111/s1. The van der Waals surface area contributed by atoms with E-state index >= 15 is 0 Å². The third kappa shape index (κ3) is 6.04. The first-order chi connectivity index (χ1) is 37.8. The predicted octanol–water partition coefficient (Wildman–Crippen LogP) is 6.84. The molecule has 16 aliphatic rings. The number of piperidine rings is 3. The van der Waals surface area contributed by atoms with Gasteiger partial charge in [-0.15, -0.1) is 6.58 Å². The summed E-state index contributed by atoms with van der Waals surface area (Å²) in [6, 6.07) is 11.8. The summed E-state index contributed by atoms with van der Waals surface area (Å²) in [6.07, 6.45) is 16.2. The van der Waals surface area contributed by atoms with Gasteiger partial charge < -0.3 is 44.8 Å². The van der Waals surface area contributed by atoms with Crippen molar-refractivity contribution in [3.8, 4) is 34.5 Å². The molecule has 3 aromatic carbocycles. The Morgan fingerprint density at radius 1 is 0.608 bits per heavy atom. The lowest BCUT2D eigenvalue weighted by Gasteiger charge is -2.75. The van der Waals surface area contributed by atoms with E-state index in [0.717, 1.165) is 111 Å². The summed E-state index contributed by atoms with van der Waals surface area (Å²) in [4.78, 5) is 32.9. The minimum absolute atomic E-state index is 0.00806. The maximum Gasteiger partial charge on any atom is 0.174 e. The second kappa shape index (κ2) is 16.1. The van der Waals surface area contributed by atoms with Crippen LogP contribution in [0.2, 0.25) is 0 Å². The van der Waals surface area contributed by atoms with Crippen LogP contribution in [0, 0.1) is 28.6 Å². The highest BCUT2D eigenvalue weighted by atomic mass is 16.5. The normalized spacial score (nSPS) is 42.5. The van der Waals surface area contributed by atoms with E-state index < -0.39 is 39.8 Å². The Bertz CT molecular complexity index is 3190. The van der Waals surface area contributed by atoms with Crippen molar-refractivity contribution in [2.24, 2.45) is 28.6 Å². The molecule has 14 heteroatoms. The number of carbonyl (C=O) groups is 2. The van der Waals surface area contributed by atoms with Gasteiger partial charge in [-0.1, -0.05) is 31.2 Å². The molecule has 4 spiro atoms. The van der Waals surface area contributed by atoms with Crippen molar-refractivity contribution in [2.75, 3.05) is 39.3 Å². The van der Waals surface area contributed by atoms with Gasteiger partial charge in [-0.25, -0.2) is 0 Å². The summed E-state index contributed by atoms with van der Waals surface area (Å²) in [5.41, 5.74) is 2.85. The molecule has 7 saturated carbocycles. The van der Waals surface area contributed by atoms with Crippen LogP contribution < -0.4 is 14.2 Å². The van der Waals surface area contributed by atoms with Crippen LogP contribution >= 0.6 is 0 Å². The highest BCUT2D eigenvalue weighted by Gasteiger charge is 2.81. The Labute approximate surface area is 463 Å². The fourth-order valence-corrected chi connectivity index (χ4v) is 21.5. The van der Waals surface area contributed by atoms with Crippen LogP contribution in [0.4, 0.5) is 0 Å². The number of phenolic OH excluding ortho intramolecular Hbond substituents is 3. The van der Waals surface area contributed by atoms with Gasteiger partial charge in [0.25, 0.3) is 0 Å². The maximum absolute atomic E-state index is 12.7. The van der Waals surface area contributed by atoms with Crippen molar-refractivity contribution in [2.45, 2.75) is 199 Å². The van der Waals surface area contributed by atoms with Gasteiger partial charge in [-0.3, -0.25) is 24.3 Å². The number of nitrogens with zero attached hydrogens (tertiary/aromatic N) is 3. The van der Waals surface area contributed by atoms with Gasteiger partial charge in [0.15, 0.2) is 58.3 Å². The second-order valence-corrected chi connectivity index (χ2v) is 28.7. The number of rotatable bonds is 7. The van der Waals surface area contributed by atoms with Gasteiger partial charge >= 0.3 is 0 Å². The molecule has 0 aromatic heterocycles. The van der Waals surface area contributed by atoms with Crippen LogP contribution in [0.3, 0.4) is 0 Å². The van der Waals surface area contributed by atoms with E-state index in [0.29, 0.717) is 61.8 Å². The highest BCUT2D eigenvalue weighted by molar-refractivity contribution is 5.91. The van der Waals surface area contributed by atoms with Crippen molar-refractivity contribution in [3.63, 3.8) is 0 Å². The van der Waals surface area contributed by atoms with E-state index in [1.165, 1.54) is 49.8 Å². The zero-order valence-electron chi connectivity index (χ0n) is 46.3. The molecule has 6 N–H and O–H groups in total. The summed E-state index contributed by atoms with van der Waals surface area (Å²) in [5, 5.41) is 66.5. The zero-order chi connectivity index (χ0) is 54.3. The van der Waals surface area contributed by atoms with Crippen LogP contribution in [-0.2, 0) is 45.1 Å². The molecule has 0 unspecified atom stereocenters. The molecule has 8 bridgehead atoms. The zero-order valence-corrected chi connectivity index (χ0v) is 46.3. The first-order valence-electron chi connectivity index (χ1n) is 30.4. The van der Waals surface area contributed by atoms with Gasteiger partial charge in [0.05, 0.1) is 27.6 Å². The maximum atomic E-state index is 12.7. The second-order valence-electron chi connectivity index (χ2n) is 28.7. The van der Waals surface area contributed by atoms with E-state index in [-0.39, 0.29) is 63.4 Å². The number of Topliss-reactive ketones (excluding diaryl/α,β-unsaturated/α-hetero) is 2. The van der Waals surface area contributed by atoms with Gasteiger partial charge in [0.2, 0.25) is 0 Å². The average Bonchev–Trinajstić information content (AvgIpc) is 2.33. The molecule has 19 rings (SSSR count). The van der Waals surface area contributed by atoms with Gasteiger partial charge in [-0.05, 0) is 176 Å². The Morgan fingerprint density at radius 3 is 1.54 bits per heavy atom. The molecule has 10 aliphatic carbocycles. The van der Waals surface area contributed by atoms with Crippen molar-refractivity contribution >= 4 is 11.6 Å². The van der Waals surface area contributed by atoms with E-state index in [1.807, 2.05) is 38.1 Å². The fourth-order valence-electron chi connectivity index (χ4n) is 21.5. The molecule has 0 radical (unpaired) electrons. The lowest BCUT2D eigenvalue weighted by molar-refractivity contribution is -0.260. The molecule has 3 saturated heterocycles. The minimum Gasteiger partial charge on any atom is -0.504 e. The quantitative estimate of drug-likeness (QED) is 0.135. The molecule has 14 nitrogen and oxygen atoms in total. The van der Waals surface area contributed by atoms with Crippen LogP contribution in [-0.4, -0.2) is 149 Å². The summed E-state index contributed by atoms with van der Waals surface area (Å²) >= 11 is 0. The Hall–Kier alpha value is -4.70. The number of aromatic hydroxyl groups is 3. The number of hydrogen-bond acceptors (Lipinski definition) is 14. The average molecular weight is 1080 g/mol. The first kappa shape index (κ1) is 50.1. The van der Waals surface area contributed by atoms with Gasteiger partial charge in [-0.2, -0.15) is 0 Å². The van der Waals surface area contributed by atoms with E-state index in [1.54, 1.807) is 12.1 Å². The number of hydrogen-bond donors (Lipinski definition) is 6. The number of ketones is 2. The number of benzene rings is 3. The number of carbonyl (C=O) groups excluding carboxylic acids is 2. The summed E-state index contributed by atoms with van der Waals surface area (Å²) < 4.78 is 18.8. The van der Waals surface area contributed by atoms with Crippen molar-refractivity contribution in [1.29, 1.82) is 0 Å². The smallest absolute Gasteiger partial charge is 0.174 e. The molecule has 10 fully saturated rings. The Morgan fingerprint density at radius 2 is 1.05 bits per heavy atom. The van der Waals surface area contributed by atoms with Crippen molar-refractivity contribution < 1.29 is 54.4 Å². The Kier molecular flexibility index (Phi) is 10.2.